The summed E-state index contributed by atoms with van der Waals surface area (Å²) in [6.45, 7) is 14.1. The highest BCUT2D eigenvalue weighted by Gasteiger charge is 2.72. The molecular formula is C36H54N2O5S. The van der Waals surface area contributed by atoms with Crippen molar-refractivity contribution in [3.05, 3.63) is 35.9 Å². The summed E-state index contributed by atoms with van der Waals surface area (Å²) in [7, 11) is -4.03. The summed E-state index contributed by atoms with van der Waals surface area (Å²) in [6.07, 6.45) is 8.87. The summed E-state index contributed by atoms with van der Waals surface area (Å²) in [4.78, 5) is 27.5. The molecule has 0 aliphatic heterocycles. The third-order valence-corrected chi connectivity index (χ3v) is 15.4. The number of nitrogens with one attached hydrogen (secondary N) is 1. The fourth-order valence-corrected chi connectivity index (χ4v) is 13.4. The molecule has 5 aliphatic rings. The third kappa shape index (κ3) is 4.66. The fraction of sp³-hybridized carbons (Fsp3) is 0.778. The van der Waals surface area contributed by atoms with Crippen LogP contribution in [0.15, 0.2) is 30.3 Å². The maximum atomic E-state index is 14.2. The largest absolute Gasteiger partial charge is 0.352 e. The Balaban J connectivity index is 1.31. The number of hydrogen-bond acceptors (Lipinski definition) is 5. The Bertz CT molecular complexity index is 1410. The molecule has 44 heavy (non-hydrogen) atoms. The van der Waals surface area contributed by atoms with Crippen molar-refractivity contribution in [3.63, 3.8) is 0 Å². The number of rotatable bonds is 6. The van der Waals surface area contributed by atoms with Gasteiger partial charge in [0, 0.05) is 12.5 Å². The second-order valence-electron chi connectivity index (χ2n) is 16.7. The van der Waals surface area contributed by atoms with E-state index in [2.05, 4.69) is 52.1 Å². The third-order valence-electron chi connectivity index (χ3n) is 14.9. The highest BCUT2D eigenvalue weighted by atomic mass is 32.2. The Morgan fingerprint density at radius 1 is 0.864 bits per heavy atom. The van der Waals surface area contributed by atoms with Crippen molar-refractivity contribution in [2.45, 2.75) is 118 Å². The van der Waals surface area contributed by atoms with Crippen molar-refractivity contribution in [2.24, 2.45) is 61.8 Å². The zero-order valence-electron chi connectivity index (χ0n) is 27.7. The Morgan fingerprint density at radius 3 is 2.23 bits per heavy atom. The molecule has 0 aromatic heterocycles. The van der Waals surface area contributed by atoms with Gasteiger partial charge in [-0.15, -0.1) is 0 Å². The number of hydrogen-bond donors (Lipinski definition) is 2. The van der Waals surface area contributed by atoms with E-state index in [1.165, 1.54) is 0 Å². The molecule has 0 bridgehead atoms. The van der Waals surface area contributed by atoms with Crippen LogP contribution in [-0.2, 0) is 30.6 Å². The quantitative estimate of drug-likeness (QED) is 0.371. The standard InChI is InChI=1S/C36H54N2O5S/c1-23(39)25-14-19-36(31(40)38-22-24-10-8-7-9-11-24)21-20-34(5)26(30(25)36)12-13-28-33(4)17-16-29(43-44(37,41)42)32(2,3)27(33)15-18-35(28,34)6/h7-11,25-30H,12-22H2,1-6H3,(H,38,40)(H2,37,41,42)/t25-,26+,27-,28+,29-,30+,33-,34+,35+,36-/m0/s1. The van der Waals surface area contributed by atoms with Gasteiger partial charge in [-0.25, -0.2) is 5.14 Å². The molecule has 0 spiro atoms. The molecule has 0 saturated heterocycles. The molecule has 8 heteroatoms. The van der Waals surface area contributed by atoms with Crippen LogP contribution in [-0.4, -0.2) is 26.2 Å². The monoisotopic (exact) mass is 626 g/mol. The van der Waals surface area contributed by atoms with Crippen LogP contribution in [0.3, 0.4) is 0 Å². The van der Waals surface area contributed by atoms with Gasteiger partial charge in [-0.3, -0.25) is 13.8 Å². The summed E-state index contributed by atoms with van der Waals surface area (Å²) in [5, 5.41) is 8.68. The van der Waals surface area contributed by atoms with Crippen LogP contribution in [0.2, 0.25) is 0 Å². The predicted octanol–water partition coefficient (Wildman–Crippen LogP) is 6.56. The number of carbonyl (C=O) groups excluding carboxylic acids is 2. The molecule has 10 atom stereocenters. The Morgan fingerprint density at radius 2 is 1.57 bits per heavy atom. The van der Waals surface area contributed by atoms with Gasteiger partial charge in [-0.2, -0.15) is 8.42 Å². The Labute approximate surface area is 265 Å². The molecule has 5 aliphatic carbocycles. The van der Waals surface area contributed by atoms with Gasteiger partial charge in [0.25, 0.3) is 0 Å². The van der Waals surface area contributed by atoms with E-state index in [0.29, 0.717) is 30.7 Å². The molecule has 7 nitrogen and oxygen atoms in total. The first-order valence-corrected chi connectivity index (χ1v) is 18.5. The van der Waals surface area contributed by atoms with E-state index < -0.39 is 21.8 Å². The SMILES string of the molecule is CC(=O)[C@@H]1CC[C@]2(C(=O)NCc3ccccc3)CC[C@]3(C)[C@H](CC[C@@H]4[C@@]5(C)CC[C@H](OS(N)(=O)=O)C(C)(C)[C@@H]5CC[C@]43C)[C@@H]12. The first kappa shape index (κ1) is 32.2. The summed E-state index contributed by atoms with van der Waals surface area (Å²) >= 11 is 0. The van der Waals surface area contributed by atoms with Crippen molar-refractivity contribution in [1.29, 1.82) is 0 Å². The predicted molar refractivity (Wildman–Crippen MR) is 171 cm³/mol. The van der Waals surface area contributed by atoms with Crippen molar-refractivity contribution in [3.8, 4) is 0 Å². The lowest BCUT2D eigenvalue weighted by Gasteiger charge is -2.72. The van der Waals surface area contributed by atoms with Gasteiger partial charge >= 0.3 is 10.3 Å². The second kappa shape index (κ2) is 10.6. The van der Waals surface area contributed by atoms with Crippen LogP contribution in [0, 0.1) is 56.7 Å². The number of carbonyl (C=O) groups is 2. The highest BCUT2D eigenvalue weighted by Crippen LogP contribution is 2.77. The normalized spacial score (nSPS) is 44.4. The molecular weight excluding hydrogens is 572 g/mol. The van der Waals surface area contributed by atoms with E-state index in [9.17, 15) is 18.0 Å². The van der Waals surface area contributed by atoms with Crippen molar-refractivity contribution >= 4 is 22.0 Å². The molecule has 0 unspecified atom stereocenters. The van der Waals surface area contributed by atoms with Crippen molar-refractivity contribution in [2.75, 3.05) is 0 Å². The minimum absolute atomic E-state index is 0.0217. The van der Waals surface area contributed by atoms with Crippen LogP contribution in [0.1, 0.15) is 111 Å². The average Bonchev–Trinajstić information content (AvgIpc) is 3.35. The number of benzene rings is 1. The van der Waals surface area contributed by atoms with Crippen LogP contribution >= 0.6 is 0 Å². The molecule has 3 N–H and O–H groups in total. The van der Waals surface area contributed by atoms with Gasteiger partial charge in [-0.05, 0) is 122 Å². The summed E-state index contributed by atoms with van der Waals surface area (Å²) in [5.74, 6) is 1.56. The van der Waals surface area contributed by atoms with Gasteiger partial charge < -0.3 is 5.32 Å². The van der Waals surface area contributed by atoms with Gasteiger partial charge in [0.1, 0.15) is 5.78 Å². The second-order valence-corrected chi connectivity index (χ2v) is 17.9. The van der Waals surface area contributed by atoms with Crippen LogP contribution in [0.5, 0.6) is 0 Å². The summed E-state index contributed by atoms with van der Waals surface area (Å²) < 4.78 is 29.4. The number of ketones is 1. The molecule has 5 saturated carbocycles. The van der Waals surface area contributed by atoms with Crippen LogP contribution < -0.4 is 10.5 Å². The van der Waals surface area contributed by atoms with Gasteiger partial charge in [0.2, 0.25) is 5.91 Å². The van der Waals surface area contributed by atoms with Crippen molar-refractivity contribution < 1.29 is 22.2 Å². The zero-order valence-corrected chi connectivity index (χ0v) is 28.5. The topological polar surface area (TPSA) is 116 Å². The molecule has 0 heterocycles. The van der Waals surface area contributed by atoms with Crippen molar-refractivity contribution in [1.82, 2.24) is 5.32 Å². The summed E-state index contributed by atoms with van der Waals surface area (Å²) in [5.41, 5.74) is 0.447. The smallest absolute Gasteiger partial charge is 0.333 e. The Kier molecular flexibility index (Phi) is 7.77. The number of amides is 1. The molecule has 5 fully saturated rings. The molecule has 1 aromatic rings. The van der Waals surface area contributed by atoms with Gasteiger partial charge in [0.05, 0.1) is 11.5 Å². The van der Waals surface area contributed by atoms with E-state index in [4.69, 9.17) is 9.32 Å². The van der Waals surface area contributed by atoms with Crippen LogP contribution in [0.4, 0.5) is 0 Å². The minimum atomic E-state index is -4.03. The van der Waals surface area contributed by atoms with E-state index in [0.717, 1.165) is 63.4 Å². The van der Waals surface area contributed by atoms with Crippen LogP contribution in [0.25, 0.3) is 0 Å². The van der Waals surface area contributed by atoms with E-state index in [-0.39, 0.29) is 45.2 Å². The number of nitrogens with two attached hydrogens (primary N) is 1. The number of Topliss-reactive ketones (excluding diaryl/α,β-unsaturated/α-hetero) is 1. The first-order valence-electron chi connectivity index (χ1n) is 17.0. The molecule has 0 radical (unpaired) electrons. The van der Waals surface area contributed by atoms with Gasteiger partial charge in [-0.1, -0.05) is 65.0 Å². The molecule has 244 valence electrons. The lowest BCUT2D eigenvalue weighted by Crippen LogP contribution is -2.67. The fourth-order valence-electron chi connectivity index (χ4n) is 12.7. The molecule has 1 aromatic carbocycles. The summed E-state index contributed by atoms with van der Waals surface area (Å²) in [6, 6.07) is 10.1. The highest BCUT2D eigenvalue weighted by molar-refractivity contribution is 7.84. The lowest BCUT2D eigenvalue weighted by atomic mass is 9.32. The zero-order chi connectivity index (χ0) is 31.9. The Hall–Kier alpha value is -1.77. The maximum Gasteiger partial charge on any atom is 0.333 e. The number of fused-ring (bicyclic) bond motifs is 7. The molecule has 6 rings (SSSR count). The first-order chi connectivity index (χ1) is 20.5. The van der Waals surface area contributed by atoms with Gasteiger partial charge in [0.15, 0.2) is 0 Å². The van der Waals surface area contributed by atoms with E-state index >= 15 is 0 Å². The average molecular weight is 627 g/mol. The molecule has 1 amide bonds. The lowest BCUT2D eigenvalue weighted by molar-refractivity contribution is -0.244. The maximum absolute atomic E-state index is 14.2. The van der Waals surface area contributed by atoms with E-state index in [1.807, 2.05) is 18.2 Å². The van der Waals surface area contributed by atoms with E-state index in [1.54, 1.807) is 6.92 Å². The minimum Gasteiger partial charge on any atom is -0.352 e.